The molecule has 11 heavy (non-hydrogen) atoms. The Kier molecular flexibility index (Phi) is 2.39. The van der Waals surface area contributed by atoms with Crippen molar-refractivity contribution < 1.29 is 9.90 Å². The number of nitrogens with zero attached hydrogens (tertiary/aromatic N) is 1. The van der Waals surface area contributed by atoms with Crippen LogP contribution in [0, 0.1) is 0 Å². The molecule has 0 amide bonds. The molecule has 0 aliphatic heterocycles. The smallest absolute Gasteiger partial charge is 0.223 e. The van der Waals surface area contributed by atoms with E-state index in [1.807, 2.05) is 0 Å². The fourth-order valence-corrected chi connectivity index (χ4v) is 0.956. The van der Waals surface area contributed by atoms with Crippen molar-refractivity contribution in [2.45, 2.75) is 0 Å². The van der Waals surface area contributed by atoms with Crippen molar-refractivity contribution in [2.24, 2.45) is 0 Å². The number of hydrogen-bond acceptors (Lipinski definition) is 4. The van der Waals surface area contributed by atoms with Crippen LogP contribution >= 0.6 is 9.39 Å². The number of aromatic hydroxyl groups is 1. The van der Waals surface area contributed by atoms with Crippen LogP contribution in [-0.4, -0.2) is 16.4 Å². The Hall–Kier alpha value is -1.15. The van der Waals surface area contributed by atoms with Crippen molar-refractivity contribution in [3.05, 3.63) is 17.8 Å². The molecule has 2 N–H and O–H groups in total. The lowest BCUT2D eigenvalue weighted by Gasteiger charge is -2.02. The highest BCUT2D eigenvalue weighted by molar-refractivity contribution is 7.18. The standard InChI is InChI=1S/C6H7N2O2P/c9-3-4-5(8-11)1-2-7-6(4)10/h1-3H,11H2,(H2,7,8,10). The second-order valence-corrected chi connectivity index (χ2v) is 2.15. The normalized spacial score (nSPS) is 9.18. The summed E-state index contributed by atoms with van der Waals surface area (Å²) in [4.78, 5) is 13.9. The Morgan fingerprint density at radius 1 is 1.73 bits per heavy atom. The number of aromatic nitrogens is 1. The average Bonchev–Trinajstić information content (AvgIpc) is 2.04. The molecule has 1 aromatic rings. The largest absolute Gasteiger partial charge is 0.493 e. The van der Waals surface area contributed by atoms with Gasteiger partial charge in [-0.2, -0.15) is 0 Å². The summed E-state index contributed by atoms with van der Waals surface area (Å²) in [5, 5.41) is 11.7. The van der Waals surface area contributed by atoms with Crippen LogP contribution in [0.3, 0.4) is 0 Å². The van der Waals surface area contributed by atoms with E-state index in [0.29, 0.717) is 12.0 Å². The highest BCUT2D eigenvalue weighted by Gasteiger charge is 2.04. The van der Waals surface area contributed by atoms with E-state index in [0.717, 1.165) is 0 Å². The number of pyridine rings is 1. The molecule has 0 aliphatic rings. The van der Waals surface area contributed by atoms with Crippen molar-refractivity contribution >= 4 is 21.4 Å². The minimum atomic E-state index is -0.257. The second-order valence-electron chi connectivity index (χ2n) is 1.86. The molecule has 0 spiro atoms. The van der Waals surface area contributed by atoms with Crippen LogP contribution in [0.15, 0.2) is 12.3 Å². The van der Waals surface area contributed by atoms with Gasteiger partial charge < -0.3 is 10.2 Å². The average molecular weight is 170 g/mol. The first-order chi connectivity index (χ1) is 5.29. The predicted octanol–water partition coefficient (Wildman–Crippen LogP) is 0.802. The number of anilines is 1. The molecular weight excluding hydrogens is 163 g/mol. The van der Waals surface area contributed by atoms with E-state index in [1.54, 1.807) is 6.07 Å². The molecule has 1 unspecified atom stereocenters. The SMILES string of the molecule is O=Cc1c(NP)ccnc1O. The van der Waals surface area contributed by atoms with Gasteiger partial charge in [0.2, 0.25) is 5.88 Å². The second kappa shape index (κ2) is 3.30. The Morgan fingerprint density at radius 2 is 2.45 bits per heavy atom. The van der Waals surface area contributed by atoms with Gasteiger partial charge in [0.1, 0.15) is 0 Å². The summed E-state index contributed by atoms with van der Waals surface area (Å²) in [6.07, 6.45) is 1.96. The summed E-state index contributed by atoms with van der Waals surface area (Å²) in [7, 11) is 2.23. The zero-order valence-electron chi connectivity index (χ0n) is 5.61. The number of nitrogens with one attached hydrogen (secondary N) is 1. The Morgan fingerprint density at radius 3 is 2.91 bits per heavy atom. The van der Waals surface area contributed by atoms with Gasteiger partial charge in [-0.3, -0.25) is 4.79 Å². The summed E-state index contributed by atoms with van der Waals surface area (Å²) in [6, 6.07) is 1.59. The van der Waals surface area contributed by atoms with Gasteiger partial charge in [0.05, 0.1) is 11.3 Å². The zero-order chi connectivity index (χ0) is 8.27. The van der Waals surface area contributed by atoms with E-state index in [4.69, 9.17) is 5.11 Å². The van der Waals surface area contributed by atoms with Crippen molar-refractivity contribution in [1.29, 1.82) is 0 Å². The van der Waals surface area contributed by atoms with Gasteiger partial charge >= 0.3 is 0 Å². The molecule has 5 heteroatoms. The third-order valence-electron chi connectivity index (χ3n) is 1.24. The summed E-state index contributed by atoms with van der Waals surface area (Å²) in [5.74, 6) is -0.257. The van der Waals surface area contributed by atoms with Crippen LogP contribution in [0.1, 0.15) is 10.4 Å². The van der Waals surface area contributed by atoms with Gasteiger partial charge in [0.25, 0.3) is 0 Å². The van der Waals surface area contributed by atoms with Crippen LogP contribution in [0.4, 0.5) is 5.69 Å². The maximum atomic E-state index is 10.4. The molecule has 4 nitrogen and oxygen atoms in total. The summed E-state index contributed by atoms with van der Waals surface area (Å²) < 4.78 is 0. The van der Waals surface area contributed by atoms with Gasteiger partial charge in [0.15, 0.2) is 6.29 Å². The van der Waals surface area contributed by atoms with E-state index in [-0.39, 0.29) is 11.4 Å². The molecule has 1 atom stereocenters. The number of aldehydes is 1. The highest BCUT2D eigenvalue weighted by atomic mass is 31.0. The van der Waals surface area contributed by atoms with E-state index in [9.17, 15) is 4.79 Å². The zero-order valence-corrected chi connectivity index (χ0v) is 6.77. The van der Waals surface area contributed by atoms with Gasteiger partial charge in [-0.05, 0) is 15.5 Å². The summed E-state index contributed by atoms with van der Waals surface area (Å²) in [5.41, 5.74) is 0.708. The molecule has 0 saturated heterocycles. The summed E-state index contributed by atoms with van der Waals surface area (Å²) >= 11 is 0. The van der Waals surface area contributed by atoms with Crippen LogP contribution in [0.5, 0.6) is 5.88 Å². The molecule has 1 rings (SSSR count). The first-order valence-corrected chi connectivity index (χ1v) is 3.47. The molecule has 0 bridgehead atoms. The minimum Gasteiger partial charge on any atom is -0.493 e. The van der Waals surface area contributed by atoms with E-state index >= 15 is 0 Å². The fraction of sp³-hybridized carbons (Fsp3) is 0. The number of carbonyl (C=O) groups excluding carboxylic acids is 1. The van der Waals surface area contributed by atoms with Gasteiger partial charge in [-0.25, -0.2) is 4.98 Å². The lowest BCUT2D eigenvalue weighted by atomic mass is 10.2. The summed E-state index contributed by atoms with van der Waals surface area (Å²) in [6.45, 7) is 0. The highest BCUT2D eigenvalue weighted by Crippen LogP contribution is 2.21. The topological polar surface area (TPSA) is 62.2 Å². The van der Waals surface area contributed by atoms with Crippen molar-refractivity contribution in [1.82, 2.24) is 4.98 Å². The molecule has 1 heterocycles. The Labute approximate surface area is 65.9 Å². The van der Waals surface area contributed by atoms with Gasteiger partial charge in [0, 0.05) is 6.20 Å². The molecule has 0 fully saturated rings. The number of carbonyl (C=O) groups is 1. The molecule has 58 valence electrons. The Bertz CT molecular complexity index is 277. The van der Waals surface area contributed by atoms with Crippen LogP contribution in [-0.2, 0) is 0 Å². The van der Waals surface area contributed by atoms with Gasteiger partial charge in [-0.1, -0.05) is 0 Å². The molecule has 0 radical (unpaired) electrons. The fourth-order valence-electron chi connectivity index (χ4n) is 0.704. The maximum absolute atomic E-state index is 10.4. The first kappa shape index (κ1) is 7.95. The quantitative estimate of drug-likeness (QED) is 0.509. The molecule has 0 saturated carbocycles. The minimum absolute atomic E-state index is 0.169. The molecule has 1 aromatic heterocycles. The predicted molar refractivity (Wildman–Crippen MR) is 44.6 cm³/mol. The number of rotatable bonds is 2. The third kappa shape index (κ3) is 1.46. The van der Waals surface area contributed by atoms with Crippen molar-refractivity contribution in [3.63, 3.8) is 0 Å². The van der Waals surface area contributed by atoms with E-state index < -0.39 is 0 Å². The van der Waals surface area contributed by atoms with Crippen molar-refractivity contribution in [2.75, 3.05) is 5.09 Å². The third-order valence-corrected chi connectivity index (χ3v) is 1.55. The number of hydrogen-bond donors (Lipinski definition) is 2. The van der Waals surface area contributed by atoms with Crippen LogP contribution in [0.2, 0.25) is 0 Å². The first-order valence-electron chi connectivity index (χ1n) is 2.89. The van der Waals surface area contributed by atoms with E-state index in [1.165, 1.54) is 6.20 Å². The maximum Gasteiger partial charge on any atom is 0.223 e. The van der Waals surface area contributed by atoms with Crippen LogP contribution < -0.4 is 5.09 Å². The molecule has 0 aromatic carbocycles. The Balaban J connectivity index is 3.24. The van der Waals surface area contributed by atoms with Crippen LogP contribution in [0.25, 0.3) is 0 Å². The molecule has 0 aliphatic carbocycles. The van der Waals surface area contributed by atoms with E-state index in [2.05, 4.69) is 19.5 Å². The lowest BCUT2D eigenvalue weighted by molar-refractivity contribution is 0.112. The lowest BCUT2D eigenvalue weighted by Crippen LogP contribution is -1.90. The van der Waals surface area contributed by atoms with Gasteiger partial charge in [-0.15, -0.1) is 0 Å². The van der Waals surface area contributed by atoms with Crippen molar-refractivity contribution in [3.8, 4) is 5.88 Å². The molecular formula is C6H7N2O2P. The monoisotopic (exact) mass is 170 g/mol.